The zero-order valence-corrected chi connectivity index (χ0v) is 28.1. The molecule has 12 heteroatoms. The number of aliphatic hydroxyl groups is 2. The Morgan fingerprint density at radius 2 is 1.67 bits per heavy atom. The van der Waals surface area contributed by atoms with Gasteiger partial charge in [0.25, 0.3) is 0 Å². The first-order chi connectivity index (χ1) is 21.5. The summed E-state index contributed by atoms with van der Waals surface area (Å²) in [5, 5.41) is 43.4. The summed E-state index contributed by atoms with van der Waals surface area (Å²) in [7, 11) is 6.77. The molecule has 0 aromatic heterocycles. The van der Waals surface area contributed by atoms with Gasteiger partial charge in [-0.15, -0.1) is 0 Å². The zero-order chi connectivity index (χ0) is 33.4. The van der Waals surface area contributed by atoms with Crippen molar-refractivity contribution in [3.8, 4) is 11.5 Å². The topological polar surface area (TPSA) is 171 Å². The van der Waals surface area contributed by atoms with Gasteiger partial charge in [-0.3, -0.25) is 9.59 Å². The summed E-state index contributed by atoms with van der Waals surface area (Å²) < 4.78 is 17.9. The summed E-state index contributed by atoms with van der Waals surface area (Å²) in [6, 6.07) is 4.70. The predicted octanol–water partition coefficient (Wildman–Crippen LogP) is 1.49. The van der Waals surface area contributed by atoms with Crippen LogP contribution in [0.5, 0.6) is 11.5 Å². The number of likely N-dealkylation sites (N-methyl/N-ethyl adjacent to an activating group) is 3. The molecule has 0 radical (unpaired) electrons. The van der Waals surface area contributed by atoms with Gasteiger partial charge < -0.3 is 50.8 Å². The highest BCUT2D eigenvalue weighted by atomic mass is 16.6. The van der Waals surface area contributed by atoms with Gasteiger partial charge >= 0.3 is 11.9 Å². The summed E-state index contributed by atoms with van der Waals surface area (Å²) >= 11 is 0. The number of aliphatic hydroxyl groups excluding tert-OH is 2. The molecule has 0 amide bonds. The van der Waals surface area contributed by atoms with Crippen LogP contribution in [0.1, 0.15) is 64.4 Å². The molecular formula is C33H58N4O8. The van der Waals surface area contributed by atoms with Gasteiger partial charge in [-0.25, -0.2) is 0 Å². The highest BCUT2D eigenvalue weighted by molar-refractivity contribution is 5.76. The number of methoxy groups -OCH3 is 1. The SMILES string of the molecule is CNCC(O)CCC(CCC(C)O)C(CC(OC(=O)C(CNC)NC)C1(Cc2ccc(O)c(OC)c2)CCNCC1)OC(C)=O. The number of aromatic hydroxyl groups is 1. The molecule has 0 spiro atoms. The number of hydrogen-bond acceptors (Lipinski definition) is 12. The Balaban J connectivity index is 2.58. The first-order valence-electron chi connectivity index (χ1n) is 16.2. The molecule has 2 rings (SSSR count). The van der Waals surface area contributed by atoms with Crippen molar-refractivity contribution in [2.45, 2.75) is 95.7 Å². The third kappa shape index (κ3) is 12.7. The number of hydrogen-bond donors (Lipinski definition) is 7. The molecule has 1 heterocycles. The Morgan fingerprint density at radius 1 is 1.00 bits per heavy atom. The van der Waals surface area contributed by atoms with Crippen molar-refractivity contribution in [3.05, 3.63) is 23.8 Å². The average molecular weight is 639 g/mol. The monoisotopic (exact) mass is 638 g/mol. The van der Waals surface area contributed by atoms with Crippen LogP contribution in [0.4, 0.5) is 0 Å². The molecule has 12 nitrogen and oxygen atoms in total. The van der Waals surface area contributed by atoms with Crippen molar-refractivity contribution < 1.29 is 39.1 Å². The molecular weight excluding hydrogens is 580 g/mol. The lowest BCUT2D eigenvalue weighted by atomic mass is 9.67. The zero-order valence-electron chi connectivity index (χ0n) is 28.1. The molecule has 1 aromatic rings. The van der Waals surface area contributed by atoms with Crippen LogP contribution in [-0.4, -0.2) is 112 Å². The predicted molar refractivity (Wildman–Crippen MR) is 173 cm³/mol. The van der Waals surface area contributed by atoms with Crippen LogP contribution in [0, 0.1) is 11.3 Å². The number of phenols is 1. The van der Waals surface area contributed by atoms with Gasteiger partial charge in [0, 0.05) is 31.8 Å². The largest absolute Gasteiger partial charge is 0.504 e. The highest BCUT2D eigenvalue weighted by Crippen LogP contribution is 2.43. The maximum Gasteiger partial charge on any atom is 0.324 e. The lowest BCUT2D eigenvalue weighted by Crippen LogP contribution is -2.52. The number of phenolic OH excluding ortho intramolecular Hbond substituents is 1. The second kappa shape index (κ2) is 19.9. The van der Waals surface area contributed by atoms with Crippen molar-refractivity contribution in [2.75, 3.05) is 54.4 Å². The molecule has 1 aromatic carbocycles. The number of nitrogens with one attached hydrogen (secondary N) is 4. The van der Waals surface area contributed by atoms with Crippen LogP contribution in [0.25, 0.3) is 0 Å². The van der Waals surface area contributed by atoms with E-state index in [-0.39, 0.29) is 18.1 Å². The molecule has 0 bridgehead atoms. The Morgan fingerprint density at radius 3 is 2.24 bits per heavy atom. The fourth-order valence-electron chi connectivity index (χ4n) is 6.41. The number of carbonyl (C=O) groups is 2. The van der Waals surface area contributed by atoms with Gasteiger partial charge in [0.2, 0.25) is 0 Å². The Hall–Kier alpha value is -2.48. The van der Waals surface area contributed by atoms with Crippen LogP contribution in [0.3, 0.4) is 0 Å². The molecule has 0 saturated carbocycles. The third-order valence-corrected chi connectivity index (χ3v) is 8.94. The van der Waals surface area contributed by atoms with Crippen molar-refractivity contribution in [3.63, 3.8) is 0 Å². The van der Waals surface area contributed by atoms with E-state index >= 15 is 0 Å². The Bertz CT molecular complexity index is 1020. The summed E-state index contributed by atoms with van der Waals surface area (Å²) in [5.74, 6) is -0.603. The number of ether oxygens (including phenoxy) is 3. The van der Waals surface area contributed by atoms with Crippen LogP contribution in [0.15, 0.2) is 18.2 Å². The van der Waals surface area contributed by atoms with Gasteiger partial charge in [0.05, 0.1) is 19.3 Å². The number of rotatable bonds is 21. The number of esters is 2. The minimum Gasteiger partial charge on any atom is -0.504 e. The smallest absolute Gasteiger partial charge is 0.324 e. The van der Waals surface area contributed by atoms with Gasteiger partial charge in [-0.1, -0.05) is 6.07 Å². The van der Waals surface area contributed by atoms with Gasteiger partial charge in [-0.2, -0.15) is 0 Å². The van der Waals surface area contributed by atoms with E-state index in [4.69, 9.17) is 14.2 Å². The molecule has 6 unspecified atom stereocenters. The highest BCUT2D eigenvalue weighted by Gasteiger charge is 2.45. The van der Waals surface area contributed by atoms with Crippen molar-refractivity contribution in [2.24, 2.45) is 11.3 Å². The van der Waals surface area contributed by atoms with Gasteiger partial charge in [0.1, 0.15) is 18.2 Å². The number of piperidine rings is 1. The lowest BCUT2D eigenvalue weighted by molar-refractivity contribution is -0.168. The fraction of sp³-hybridized carbons (Fsp3) is 0.758. The standard InChI is InChI=1S/C33H58N4O8/c1-22(38)7-9-25(10-11-26(40)20-34-3)29(44-23(2)39)18-31(45-32(42)27(36-5)21-35-4)33(13-15-37-16-14-33)19-24-8-12-28(41)30(17-24)43-6/h8,12,17,22,25-27,29,31,34-38,40-41H,7,9-11,13-16,18-21H2,1-6H3. The number of carbonyl (C=O) groups excluding carboxylic acids is 2. The molecule has 6 atom stereocenters. The number of benzene rings is 1. The Kier molecular flexibility index (Phi) is 17.1. The molecule has 1 aliphatic rings. The summed E-state index contributed by atoms with van der Waals surface area (Å²) in [6.45, 7) is 5.35. The van der Waals surface area contributed by atoms with E-state index in [1.165, 1.54) is 14.0 Å². The molecule has 0 aliphatic carbocycles. The van der Waals surface area contributed by atoms with Crippen LogP contribution in [-0.2, 0) is 25.5 Å². The summed E-state index contributed by atoms with van der Waals surface area (Å²) in [5.41, 5.74) is 0.414. The molecule has 1 aliphatic heterocycles. The second-order valence-electron chi connectivity index (χ2n) is 12.5. The van der Waals surface area contributed by atoms with Crippen LogP contribution in [0.2, 0.25) is 0 Å². The minimum atomic E-state index is -0.625. The van der Waals surface area contributed by atoms with E-state index in [1.807, 2.05) is 12.1 Å². The van der Waals surface area contributed by atoms with E-state index in [9.17, 15) is 24.9 Å². The Labute approximate surface area is 269 Å². The maximum absolute atomic E-state index is 13.7. The molecule has 45 heavy (non-hydrogen) atoms. The van der Waals surface area contributed by atoms with E-state index in [0.29, 0.717) is 63.8 Å². The van der Waals surface area contributed by atoms with Gasteiger partial charge in [-0.05, 0) is 110 Å². The fourth-order valence-corrected chi connectivity index (χ4v) is 6.41. The molecule has 7 N–H and O–H groups in total. The van der Waals surface area contributed by atoms with Gasteiger partial charge in [0.15, 0.2) is 11.5 Å². The quantitative estimate of drug-likeness (QED) is 0.0970. The van der Waals surface area contributed by atoms with E-state index in [0.717, 1.165) is 18.7 Å². The first kappa shape index (κ1) is 38.7. The second-order valence-corrected chi connectivity index (χ2v) is 12.5. The van der Waals surface area contributed by atoms with E-state index in [2.05, 4.69) is 21.3 Å². The van der Waals surface area contributed by atoms with Crippen LogP contribution < -0.4 is 26.0 Å². The van der Waals surface area contributed by atoms with Crippen molar-refractivity contribution in [1.29, 1.82) is 0 Å². The molecule has 258 valence electrons. The minimum absolute atomic E-state index is 0.0452. The normalized spacial score (nSPS) is 18.7. The average Bonchev–Trinajstić information content (AvgIpc) is 3.00. The maximum atomic E-state index is 13.7. The summed E-state index contributed by atoms with van der Waals surface area (Å²) in [6.07, 6.45) is 2.00. The lowest BCUT2D eigenvalue weighted by Gasteiger charge is -2.45. The van der Waals surface area contributed by atoms with Crippen molar-refractivity contribution in [1.82, 2.24) is 21.3 Å². The van der Waals surface area contributed by atoms with E-state index < -0.39 is 47.8 Å². The third-order valence-electron chi connectivity index (χ3n) is 8.94. The molecule has 1 saturated heterocycles. The summed E-state index contributed by atoms with van der Waals surface area (Å²) in [4.78, 5) is 26.2. The first-order valence-corrected chi connectivity index (χ1v) is 16.2. The molecule has 1 fully saturated rings. The van der Waals surface area contributed by atoms with E-state index in [1.54, 1.807) is 34.1 Å². The van der Waals surface area contributed by atoms with Crippen molar-refractivity contribution >= 4 is 11.9 Å². The van der Waals surface area contributed by atoms with Crippen LogP contribution >= 0.6 is 0 Å².